The molecule has 0 bridgehead atoms. The highest BCUT2D eigenvalue weighted by atomic mass is 32.1. The molecule has 74 valence electrons. The van der Waals surface area contributed by atoms with E-state index in [4.69, 9.17) is 4.84 Å². The van der Waals surface area contributed by atoms with Crippen LogP contribution in [0.2, 0.25) is 0 Å². The van der Waals surface area contributed by atoms with E-state index in [0.717, 1.165) is 13.0 Å². The van der Waals surface area contributed by atoms with Crippen molar-refractivity contribution in [3.8, 4) is 0 Å². The van der Waals surface area contributed by atoms with Crippen LogP contribution in [0.5, 0.6) is 0 Å². The molecule has 2 nitrogen and oxygen atoms in total. The Morgan fingerprint density at radius 1 is 1.46 bits per heavy atom. The van der Waals surface area contributed by atoms with Gasteiger partial charge in [-0.05, 0) is 38.6 Å². The van der Waals surface area contributed by atoms with Crippen molar-refractivity contribution in [2.24, 2.45) is 0 Å². The number of nitrogens with one attached hydrogen (secondary N) is 1. The normalized spacial score (nSPS) is 11.9. The minimum Gasteiger partial charge on any atom is -0.296 e. The molecule has 0 spiro atoms. The zero-order valence-electron chi connectivity index (χ0n) is 8.46. The van der Waals surface area contributed by atoms with E-state index in [-0.39, 0.29) is 5.60 Å². The number of thiophene rings is 1. The van der Waals surface area contributed by atoms with Gasteiger partial charge in [0.25, 0.3) is 0 Å². The number of hydrogen-bond acceptors (Lipinski definition) is 3. The van der Waals surface area contributed by atoms with Crippen LogP contribution < -0.4 is 5.48 Å². The molecule has 0 aromatic carbocycles. The van der Waals surface area contributed by atoms with Gasteiger partial charge in [-0.3, -0.25) is 4.84 Å². The molecule has 3 heteroatoms. The van der Waals surface area contributed by atoms with Crippen molar-refractivity contribution in [1.29, 1.82) is 0 Å². The monoisotopic (exact) mass is 199 g/mol. The highest BCUT2D eigenvalue weighted by Crippen LogP contribution is 2.08. The quantitative estimate of drug-likeness (QED) is 0.594. The van der Waals surface area contributed by atoms with Crippen molar-refractivity contribution in [3.05, 3.63) is 22.4 Å². The van der Waals surface area contributed by atoms with Crippen LogP contribution in [0.15, 0.2) is 17.5 Å². The van der Waals surface area contributed by atoms with Crippen LogP contribution in [-0.2, 0) is 11.3 Å². The van der Waals surface area contributed by atoms with Gasteiger partial charge in [0, 0.05) is 11.4 Å². The lowest BCUT2D eigenvalue weighted by Gasteiger charge is -2.19. The van der Waals surface area contributed by atoms with Crippen molar-refractivity contribution in [2.45, 2.75) is 32.8 Å². The summed E-state index contributed by atoms with van der Waals surface area (Å²) in [4.78, 5) is 6.78. The van der Waals surface area contributed by atoms with E-state index < -0.39 is 0 Å². The van der Waals surface area contributed by atoms with Crippen LogP contribution in [0, 0.1) is 0 Å². The van der Waals surface area contributed by atoms with Crippen molar-refractivity contribution in [1.82, 2.24) is 5.48 Å². The van der Waals surface area contributed by atoms with Crippen molar-refractivity contribution < 1.29 is 4.84 Å². The maximum atomic E-state index is 5.38. The van der Waals surface area contributed by atoms with Crippen LogP contribution in [-0.4, -0.2) is 12.1 Å². The molecule has 0 saturated heterocycles. The second-order valence-corrected chi connectivity index (χ2v) is 4.97. The third kappa shape index (κ3) is 5.03. The third-order valence-electron chi connectivity index (χ3n) is 1.43. The van der Waals surface area contributed by atoms with E-state index in [2.05, 4.69) is 23.0 Å². The van der Waals surface area contributed by atoms with Gasteiger partial charge in [-0.25, -0.2) is 5.48 Å². The van der Waals surface area contributed by atoms with Gasteiger partial charge in [-0.2, -0.15) is 0 Å². The van der Waals surface area contributed by atoms with Gasteiger partial charge in [-0.15, -0.1) is 11.3 Å². The van der Waals surface area contributed by atoms with Crippen molar-refractivity contribution >= 4 is 11.3 Å². The molecule has 0 fully saturated rings. The van der Waals surface area contributed by atoms with Crippen LogP contribution in [0.4, 0.5) is 0 Å². The van der Waals surface area contributed by atoms with E-state index in [9.17, 15) is 0 Å². The average Bonchev–Trinajstić information content (AvgIpc) is 2.48. The Kier molecular flexibility index (Phi) is 3.90. The maximum absolute atomic E-state index is 5.38. The minimum absolute atomic E-state index is 0.102. The fourth-order valence-electron chi connectivity index (χ4n) is 0.897. The summed E-state index contributed by atoms with van der Waals surface area (Å²) in [5, 5.41) is 2.10. The predicted molar refractivity (Wildman–Crippen MR) is 56.9 cm³/mol. The van der Waals surface area contributed by atoms with Crippen molar-refractivity contribution in [3.63, 3.8) is 0 Å². The molecule has 1 aromatic heterocycles. The summed E-state index contributed by atoms with van der Waals surface area (Å²) in [6.45, 7) is 6.97. The van der Waals surface area contributed by atoms with Crippen molar-refractivity contribution in [2.75, 3.05) is 6.54 Å². The Balaban J connectivity index is 2.09. The van der Waals surface area contributed by atoms with Gasteiger partial charge in [-0.1, -0.05) is 6.07 Å². The summed E-state index contributed by atoms with van der Waals surface area (Å²) in [6.07, 6.45) is 1.04. The fourth-order valence-corrected chi connectivity index (χ4v) is 1.61. The predicted octanol–water partition coefficient (Wildman–Crippen LogP) is 2.61. The van der Waals surface area contributed by atoms with Crippen LogP contribution in [0.25, 0.3) is 0 Å². The zero-order valence-corrected chi connectivity index (χ0v) is 9.28. The first-order chi connectivity index (χ1) is 6.08. The summed E-state index contributed by atoms with van der Waals surface area (Å²) in [5.41, 5.74) is 2.87. The second-order valence-electron chi connectivity index (χ2n) is 3.94. The highest BCUT2D eigenvalue weighted by Gasteiger charge is 2.09. The second kappa shape index (κ2) is 4.74. The van der Waals surface area contributed by atoms with Crippen LogP contribution in [0.3, 0.4) is 0 Å². The molecular weight excluding hydrogens is 182 g/mol. The smallest absolute Gasteiger partial charge is 0.0812 e. The molecule has 1 N–H and O–H groups in total. The molecule has 0 aliphatic carbocycles. The lowest BCUT2D eigenvalue weighted by molar-refractivity contribution is -0.0717. The SMILES string of the molecule is CC(C)(C)ONCCc1cccs1. The lowest BCUT2D eigenvalue weighted by atomic mass is 10.2. The third-order valence-corrected chi connectivity index (χ3v) is 2.37. The molecule has 0 amide bonds. The molecule has 1 aromatic rings. The largest absolute Gasteiger partial charge is 0.296 e. The van der Waals surface area contributed by atoms with E-state index in [1.165, 1.54) is 4.88 Å². The van der Waals surface area contributed by atoms with E-state index >= 15 is 0 Å². The molecule has 0 radical (unpaired) electrons. The molecule has 13 heavy (non-hydrogen) atoms. The number of hydroxylamine groups is 1. The molecule has 1 heterocycles. The Labute approximate surface area is 83.9 Å². The van der Waals surface area contributed by atoms with E-state index in [1.807, 2.05) is 20.8 Å². The van der Waals surface area contributed by atoms with Gasteiger partial charge < -0.3 is 0 Å². The van der Waals surface area contributed by atoms with Gasteiger partial charge in [0.1, 0.15) is 0 Å². The van der Waals surface area contributed by atoms with E-state index in [0.29, 0.717) is 0 Å². The summed E-state index contributed by atoms with van der Waals surface area (Å²) >= 11 is 1.79. The van der Waals surface area contributed by atoms with Gasteiger partial charge in [0.15, 0.2) is 0 Å². The molecule has 0 aliphatic rings. The Morgan fingerprint density at radius 2 is 2.23 bits per heavy atom. The molecule has 0 saturated carbocycles. The topological polar surface area (TPSA) is 21.3 Å². The first kappa shape index (κ1) is 10.7. The Hall–Kier alpha value is -0.380. The van der Waals surface area contributed by atoms with Gasteiger partial charge >= 0.3 is 0 Å². The number of hydrogen-bond donors (Lipinski definition) is 1. The van der Waals surface area contributed by atoms with Gasteiger partial charge in [0.05, 0.1) is 5.60 Å². The highest BCUT2D eigenvalue weighted by molar-refractivity contribution is 7.09. The maximum Gasteiger partial charge on any atom is 0.0812 e. The molecule has 0 atom stereocenters. The molecule has 0 unspecified atom stereocenters. The lowest BCUT2D eigenvalue weighted by Crippen LogP contribution is -2.30. The van der Waals surface area contributed by atoms with Crippen LogP contribution >= 0.6 is 11.3 Å². The van der Waals surface area contributed by atoms with Gasteiger partial charge in [0.2, 0.25) is 0 Å². The summed E-state index contributed by atoms with van der Waals surface area (Å²) in [5.74, 6) is 0. The summed E-state index contributed by atoms with van der Waals surface area (Å²) in [6, 6.07) is 4.22. The van der Waals surface area contributed by atoms with Crippen LogP contribution in [0.1, 0.15) is 25.6 Å². The Bertz CT molecular complexity index is 226. The minimum atomic E-state index is -0.102. The summed E-state index contributed by atoms with van der Waals surface area (Å²) in [7, 11) is 0. The van der Waals surface area contributed by atoms with E-state index in [1.54, 1.807) is 11.3 Å². The first-order valence-electron chi connectivity index (χ1n) is 4.51. The molecule has 0 aliphatic heterocycles. The number of rotatable bonds is 4. The Morgan fingerprint density at radius 3 is 2.77 bits per heavy atom. The zero-order chi connectivity index (χ0) is 9.73. The molecule has 1 rings (SSSR count). The average molecular weight is 199 g/mol. The first-order valence-corrected chi connectivity index (χ1v) is 5.39. The molecular formula is C10H17NOS. The standard InChI is InChI=1S/C10H17NOS/c1-10(2,3)12-11-7-6-9-5-4-8-13-9/h4-5,8,11H,6-7H2,1-3H3. The summed E-state index contributed by atoms with van der Waals surface area (Å²) < 4.78 is 0. The fraction of sp³-hybridized carbons (Fsp3) is 0.600.